The molecule has 0 amide bonds. The van der Waals surface area contributed by atoms with Crippen molar-refractivity contribution in [3.8, 4) is 0 Å². The predicted octanol–water partition coefficient (Wildman–Crippen LogP) is 9.87. The van der Waals surface area contributed by atoms with Crippen molar-refractivity contribution in [3.05, 3.63) is 0 Å². The second kappa shape index (κ2) is 9.49. The summed E-state index contributed by atoms with van der Waals surface area (Å²) in [6, 6.07) is 0. The molecule has 6 saturated carbocycles. The Morgan fingerprint density at radius 2 is 1.39 bits per heavy atom. The highest BCUT2D eigenvalue weighted by atomic mass is 16.3. The van der Waals surface area contributed by atoms with Gasteiger partial charge in [-0.15, -0.1) is 0 Å². The molecule has 6 aliphatic carbocycles. The fourth-order valence-electron chi connectivity index (χ4n) is 14.8. The monoisotopic (exact) mass is 524 g/mol. The van der Waals surface area contributed by atoms with E-state index in [1.165, 1.54) is 70.6 Å². The van der Waals surface area contributed by atoms with Crippen molar-refractivity contribution in [2.24, 2.45) is 93.2 Å². The van der Waals surface area contributed by atoms with Crippen LogP contribution >= 0.6 is 0 Å². The Balaban J connectivity index is 1.33. The molecule has 0 radical (unpaired) electrons. The molecule has 1 heteroatoms. The minimum Gasteiger partial charge on any atom is -0.392 e. The van der Waals surface area contributed by atoms with Crippen LogP contribution in [0.3, 0.4) is 0 Å². The number of aliphatic hydroxyl groups is 1. The molecule has 0 bridgehead atoms. The van der Waals surface area contributed by atoms with Crippen LogP contribution in [0.5, 0.6) is 0 Å². The second-order valence-electron chi connectivity index (χ2n) is 18.0. The van der Waals surface area contributed by atoms with E-state index in [9.17, 15) is 5.11 Å². The molecule has 1 N–H and O–H groups in total. The zero-order valence-electron chi connectivity index (χ0n) is 26.8. The van der Waals surface area contributed by atoms with Gasteiger partial charge in [0, 0.05) is 0 Å². The zero-order chi connectivity index (χ0) is 27.4. The van der Waals surface area contributed by atoms with E-state index in [4.69, 9.17) is 0 Å². The molecule has 38 heavy (non-hydrogen) atoms. The summed E-state index contributed by atoms with van der Waals surface area (Å²) < 4.78 is 0. The van der Waals surface area contributed by atoms with E-state index in [1.807, 2.05) is 0 Å². The van der Waals surface area contributed by atoms with E-state index in [0.29, 0.717) is 34.5 Å². The Bertz CT molecular complexity index is 878. The molecule has 6 rings (SSSR count). The number of aliphatic hydroxyl groups excluding tert-OH is 1. The summed E-state index contributed by atoms with van der Waals surface area (Å²) in [5.74, 6) is 10.1. The second-order valence-corrected chi connectivity index (χ2v) is 18.0. The smallest absolute Gasteiger partial charge is 0.0609 e. The SMILES string of the molecule is CC(C)C1C(C)CC2(C)CC3(C)CC4C(C5CCC6CCCC6C5)CCC(C)C4C(O)C3C(C)C2(C)C1C. The van der Waals surface area contributed by atoms with Crippen molar-refractivity contribution in [3.63, 3.8) is 0 Å². The first-order chi connectivity index (χ1) is 17.8. The van der Waals surface area contributed by atoms with Crippen LogP contribution in [0.25, 0.3) is 0 Å². The Labute approximate surface area is 237 Å². The van der Waals surface area contributed by atoms with Crippen LogP contribution in [-0.2, 0) is 0 Å². The quantitative estimate of drug-likeness (QED) is 0.381. The standard InChI is InChI=1S/C37H64O/c1-21(2)31-23(4)18-36(8)20-35(7)19-30-29(28-15-14-26-11-10-12-27(26)17-28)16-13-22(3)32(30)34(38)33(35)25(6)37(36,9)24(31)5/h21-34,38H,10-20H2,1-9H3. The lowest BCUT2D eigenvalue weighted by molar-refractivity contribution is -0.262. The summed E-state index contributed by atoms with van der Waals surface area (Å²) in [5, 5.41) is 12.6. The first-order valence-corrected chi connectivity index (χ1v) is 17.5. The average molecular weight is 525 g/mol. The lowest BCUT2D eigenvalue weighted by atomic mass is 9.32. The van der Waals surface area contributed by atoms with Crippen LogP contribution < -0.4 is 0 Å². The summed E-state index contributed by atoms with van der Waals surface area (Å²) in [4.78, 5) is 0. The summed E-state index contributed by atoms with van der Waals surface area (Å²) in [7, 11) is 0. The zero-order valence-corrected chi connectivity index (χ0v) is 26.8. The van der Waals surface area contributed by atoms with Crippen LogP contribution in [0.2, 0.25) is 0 Å². The molecule has 0 aromatic rings. The molecular weight excluding hydrogens is 460 g/mol. The van der Waals surface area contributed by atoms with Gasteiger partial charge in [-0.3, -0.25) is 0 Å². The number of fused-ring (bicyclic) bond motifs is 4. The lowest BCUT2D eigenvalue weighted by Gasteiger charge is -2.73. The fraction of sp³-hybridized carbons (Fsp3) is 1.00. The molecule has 0 saturated heterocycles. The van der Waals surface area contributed by atoms with E-state index in [1.54, 1.807) is 0 Å². The molecule has 16 atom stereocenters. The normalized spacial score (nSPS) is 60.6. The Morgan fingerprint density at radius 3 is 2.11 bits per heavy atom. The molecular formula is C37H64O. The van der Waals surface area contributed by atoms with Crippen molar-refractivity contribution in [2.45, 2.75) is 139 Å². The van der Waals surface area contributed by atoms with E-state index in [0.717, 1.165) is 53.3 Å². The van der Waals surface area contributed by atoms with Gasteiger partial charge in [-0.25, -0.2) is 0 Å². The Morgan fingerprint density at radius 1 is 0.711 bits per heavy atom. The average Bonchev–Trinajstić information content (AvgIpc) is 3.29. The molecule has 0 heterocycles. The van der Waals surface area contributed by atoms with Gasteiger partial charge in [0.05, 0.1) is 6.10 Å². The molecule has 0 aromatic heterocycles. The maximum atomic E-state index is 12.6. The molecule has 218 valence electrons. The summed E-state index contributed by atoms with van der Waals surface area (Å²) in [6.07, 6.45) is 15.9. The highest BCUT2D eigenvalue weighted by Gasteiger charge is 2.69. The van der Waals surface area contributed by atoms with Crippen molar-refractivity contribution in [1.29, 1.82) is 0 Å². The van der Waals surface area contributed by atoms with E-state index in [-0.39, 0.29) is 11.5 Å². The van der Waals surface area contributed by atoms with Gasteiger partial charge in [-0.05, 0) is 138 Å². The molecule has 0 spiro atoms. The van der Waals surface area contributed by atoms with Crippen molar-refractivity contribution < 1.29 is 5.11 Å². The predicted molar refractivity (Wildman–Crippen MR) is 161 cm³/mol. The van der Waals surface area contributed by atoms with Gasteiger partial charge in [0.1, 0.15) is 0 Å². The Hall–Kier alpha value is -0.0400. The van der Waals surface area contributed by atoms with Crippen molar-refractivity contribution in [2.75, 3.05) is 0 Å². The molecule has 6 fully saturated rings. The fourth-order valence-corrected chi connectivity index (χ4v) is 14.8. The molecule has 16 unspecified atom stereocenters. The molecule has 0 aromatic carbocycles. The van der Waals surface area contributed by atoms with E-state index in [2.05, 4.69) is 62.3 Å². The highest BCUT2D eigenvalue weighted by Crippen LogP contribution is 2.74. The van der Waals surface area contributed by atoms with Gasteiger partial charge >= 0.3 is 0 Å². The highest BCUT2D eigenvalue weighted by molar-refractivity contribution is 5.17. The minimum absolute atomic E-state index is 0.0974. The number of rotatable bonds is 2. The van der Waals surface area contributed by atoms with Crippen LogP contribution in [0, 0.1) is 93.2 Å². The third-order valence-electron chi connectivity index (χ3n) is 16.2. The largest absolute Gasteiger partial charge is 0.392 e. The minimum atomic E-state index is -0.0974. The first-order valence-electron chi connectivity index (χ1n) is 17.5. The summed E-state index contributed by atoms with van der Waals surface area (Å²) in [5.41, 5.74) is 0.981. The maximum absolute atomic E-state index is 12.6. The number of hydrogen-bond donors (Lipinski definition) is 1. The van der Waals surface area contributed by atoms with Crippen LogP contribution in [0.15, 0.2) is 0 Å². The van der Waals surface area contributed by atoms with Crippen LogP contribution in [0.4, 0.5) is 0 Å². The first kappa shape index (κ1) is 28.1. The van der Waals surface area contributed by atoms with Crippen molar-refractivity contribution in [1.82, 2.24) is 0 Å². The van der Waals surface area contributed by atoms with Gasteiger partial charge in [-0.2, -0.15) is 0 Å². The van der Waals surface area contributed by atoms with Gasteiger partial charge in [0.15, 0.2) is 0 Å². The van der Waals surface area contributed by atoms with Gasteiger partial charge in [0.2, 0.25) is 0 Å². The van der Waals surface area contributed by atoms with Gasteiger partial charge < -0.3 is 5.11 Å². The summed E-state index contributed by atoms with van der Waals surface area (Å²) in [6.45, 7) is 23.3. The summed E-state index contributed by atoms with van der Waals surface area (Å²) >= 11 is 0. The molecule has 1 nitrogen and oxygen atoms in total. The van der Waals surface area contributed by atoms with Crippen LogP contribution in [0.1, 0.15) is 133 Å². The third-order valence-corrected chi connectivity index (χ3v) is 16.2. The van der Waals surface area contributed by atoms with Gasteiger partial charge in [-0.1, -0.05) is 88.0 Å². The van der Waals surface area contributed by atoms with E-state index < -0.39 is 0 Å². The van der Waals surface area contributed by atoms with Crippen molar-refractivity contribution >= 4 is 0 Å². The van der Waals surface area contributed by atoms with Gasteiger partial charge in [0.25, 0.3) is 0 Å². The topological polar surface area (TPSA) is 20.2 Å². The maximum Gasteiger partial charge on any atom is 0.0609 e. The Kier molecular flexibility index (Phi) is 7.02. The van der Waals surface area contributed by atoms with Crippen LogP contribution in [-0.4, -0.2) is 11.2 Å². The molecule has 6 aliphatic rings. The lowest BCUT2D eigenvalue weighted by Crippen LogP contribution is -2.68. The van der Waals surface area contributed by atoms with E-state index >= 15 is 0 Å². The number of hydrogen-bond acceptors (Lipinski definition) is 1. The third kappa shape index (κ3) is 3.84. The molecule has 0 aliphatic heterocycles.